The average molecular weight is 351 g/mol. The first-order valence-electron chi connectivity index (χ1n) is 7.55. The molecule has 0 fully saturated rings. The molecule has 1 amide bonds. The molecular formula is C17H13N5O2S. The van der Waals surface area contributed by atoms with Gasteiger partial charge in [0.1, 0.15) is 10.7 Å². The lowest BCUT2D eigenvalue weighted by atomic mass is 10.2. The summed E-state index contributed by atoms with van der Waals surface area (Å²) in [5, 5.41) is 18.9. The molecule has 3 heterocycles. The molecule has 0 aliphatic heterocycles. The molecule has 0 atom stereocenters. The molecule has 0 bridgehead atoms. The number of carbonyl (C=O) groups excluding carboxylic acids is 1. The van der Waals surface area contributed by atoms with Gasteiger partial charge in [-0.2, -0.15) is 5.10 Å². The molecule has 25 heavy (non-hydrogen) atoms. The Balaban J connectivity index is 1.43. The molecule has 8 heteroatoms. The highest BCUT2D eigenvalue weighted by molar-refractivity contribution is 7.15. The maximum atomic E-state index is 12.3. The first-order chi connectivity index (χ1) is 12.3. The molecule has 2 N–H and O–H groups in total. The van der Waals surface area contributed by atoms with Crippen LogP contribution in [0.1, 0.15) is 21.1 Å². The standard InChI is InChI=1S/C17H13N5O2S/c23-16(13-10-12(19-20-13)14-7-4-8-24-14)18-17-22-21-15(25-17)9-11-5-2-1-3-6-11/h1-8,10H,9H2,(H,19,20)(H,18,22,23). The molecule has 0 spiro atoms. The van der Waals surface area contributed by atoms with Crippen LogP contribution >= 0.6 is 11.3 Å². The number of rotatable bonds is 5. The van der Waals surface area contributed by atoms with Crippen LogP contribution in [0.25, 0.3) is 11.5 Å². The van der Waals surface area contributed by atoms with Gasteiger partial charge in [0.15, 0.2) is 11.5 Å². The van der Waals surface area contributed by atoms with E-state index in [1.54, 1.807) is 24.5 Å². The van der Waals surface area contributed by atoms with E-state index < -0.39 is 0 Å². The first kappa shape index (κ1) is 15.3. The van der Waals surface area contributed by atoms with Gasteiger partial charge in [-0.25, -0.2) is 0 Å². The minimum absolute atomic E-state index is 0.256. The lowest BCUT2D eigenvalue weighted by Crippen LogP contribution is -2.12. The molecule has 0 saturated carbocycles. The van der Waals surface area contributed by atoms with Gasteiger partial charge in [-0.3, -0.25) is 15.2 Å². The number of nitrogens with one attached hydrogen (secondary N) is 2. The molecule has 4 aromatic rings. The molecule has 0 aliphatic rings. The Kier molecular flexibility index (Phi) is 4.09. The molecule has 124 valence electrons. The third kappa shape index (κ3) is 3.48. The van der Waals surface area contributed by atoms with Crippen molar-refractivity contribution in [1.82, 2.24) is 20.4 Å². The first-order valence-corrected chi connectivity index (χ1v) is 8.36. The van der Waals surface area contributed by atoms with Crippen molar-refractivity contribution in [3.05, 3.63) is 71.1 Å². The Hall–Kier alpha value is -3.26. The number of aromatic nitrogens is 4. The van der Waals surface area contributed by atoms with Gasteiger partial charge in [-0.1, -0.05) is 41.7 Å². The average Bonchev–Trinajstić information content (AvgIpc) is 3.37. The quantitative estimate of drug-likeness (QED) is 0.575. The molecule has 0 saturated heterocycles. The number of hydrogen-bond acceptors (Lipinski definition) is 6. The van der Waals surface area contributed by atoms with E-state index in [1.807, 2.05) is 30.3 Å². The number of nitrogens with zero attached hydrogens (tertiary/aromatic N) is 3. The van der Waals surface area contributed by atoms with Crippen LogP contribution in [-0.2, 0) is 6.42 Å². The van der Waals surface area contributed by atoms with Crippen LogP contribution in [-0.4, -0.2) is 26.3 Å². The van der Waals surface area contributed by atoms with Gasteiger partial charge < -0.3 is 4.42 Å². The van der Waals surface area contributed by atoms with E-state index in [0.29, 0.717) is 23.0 Å². The molecule has 7 nitrogen and oxygen atoms in total. The Labute approximate surface area is 146 Å². The summed E-state index contributed by atoms with van der Waals surface area (Å²) in [6, 6.07) is 15.2. The van der Waals surface area contributed by atoms with Gasteiger partial charge in [-0.15, -0.1) is 10.2 Å². The van der Waals surface area contributed by atoms with Gasteiger partial charge in [-0.05, 0) is 17.7 Å². The number of benzene rings is 1. The zero-order chi connectivity index (χ0) is 17.1. The molecule has 1 aromatic carbocycles. The highest BCUT2D eigenvalue weighted by Crippen LogP contribution is 2.21. The maximum absolute atomic E-state index is 12.3. The van der Waals surface area contributed by atoms with E-state index in [0.717, 1.165) is 10.6 Å². The Bertz CT molecular complexity index is 976. The summed E-state index contributed by atoms with van der Waals surface area (Å²) in [4.78, 5) is 12.3. The maximum Gasteiger partial charge on any atom is 0.277 e. The highest BCUT2D eigenvalue weighted by Gasteiger charge is 2.15. The summed E-state index contributed by atoms with van der Waals surface area (Å²) in [6.07, 6.45) is 2.24. The second kappa shape index (κ2) is 6.70. The molecule has 3 aromatic heterocycles. The second-order valence-corrected chi connectivity index (χ2v) is 6.32. The third-order valence-corrected chi connectivity index (χ3v) is 4.32. The van der Waals surface area contributed by atoms with E-state index in [-0.39, 0.29) is 11.6 Å². The predicted molar refractivity (Wildman–Crippen MR) is 93.4 cm³/mol. The molecule has 4 rings (SSSR count). The lowest BCUT2D eigenvalue weighted by Gasteiger charge is -1.96. The van der Waals surface area contributed by atoms with E-state index >= 15 is 0 Å². The van der Waals surface area contributed by atoms with Crippen molar-refractivity contribution >= 4 is 22.4 Å². The number of furan rings is 1. The summed E-state index contributed by atoms with van der Waals surface area (Å²) in [7, 11) is 0. The normalized spacial score (nSPS) is 10.7. The van der Waals surface area contributed by atoms with Crippen molar-refractivity contribution in [2.45, 2.75) is 6.42 Å². The zero-order valence-corrected chi connectivity index (χ0v) is 13.8. The van der Waals surface area contributed by atoms with Crippen LogP contribution in [0.2, 0.25) is 0 Å². The van der Waals surface area contributed by atoms with Crippen molar-refractivity contribution in [2.24, 2.45) is 0 Å². The van der Waals surface area contributed by atoms with Gasteiger partial charge in [0.25, 0.3) is 5.91 Å². The summed E-state index contributed by atoms with van der Waals surface area (Å²) < 4.78 is 5.27. The van der Waals surface area contributed by atoms with Crippen LogP contribution in [0, 0.1) is 0 Å². The van der Waals surface area contributed by atoms with Gasteiger partial charge in [0.05, 0.1) is 6.26 Å². The molecule has 0 aliphatic carbocycles. The van der Waals surface area contributed by atoms with Crippen LogP contribution in [0.15, 0.2) is 59.2 Å². The lowest BCUT2D eigenvalue weighted by molar-refractivity contribution is 0.102. The Morgan fingerprint density at radius 3 is 2.84 bits per heavy atom. The second-order valence-electron chi connectivity index (χ2n) is 5.26. The van der Waals surface area contributed by atoms with Crippen molar-refractivity contribution in [3.8, 4) is 11.5 Å². The molecule has 0 unspecified atom stereocenters. The fourth-order valence-electron chi connectivity index (χ4n) is 2.30. The summed E-state index contributed by atoms with van der Waals surface area (Å²) >= 11 is 1.34. The van der Waals surface area contributed by atoms with Crippen molar-refractivity contribution in [3.63, 3.8) is 0 Å². The smallest absolute Gasteiger partial charge is 0.277 e. The van der Waals surface area contributed by atoms with Crippen LogP contribution in [0.3, 0.4) is 0 Å². The van der Waals surface area contributed by atoms with Crippen LogP contribution in [0.5, 0.6) is 0 Å². The van der Waals surface area contributed by atoms with E-state index in [4.69, 9.17) is 4.42 Å². The number of carbonyl (C=O) groups is 1. The van der Waals surface area contributed by atoms with Gasteiger partial charge >= 0.3 is 0 Å². The fourth-order valence-corrected chi connectivity index (χ4v) is 3.07. The third-order valence-electron chi connectivity index (χ3n) is 3.48. The van der Waals surface area contributed by atoms with E-state index in [9.17, 15) is 4.79 Å². The number of amides is 1. The summed E-state index contributed by atoms with van der Waals surface area (Å²) in [6.45, 7) is 0. The monoisotopic (exact) mass is 351 g/mol. The van der Waals surface area contributed by atoms with Gasteiger partial charge in [0, 0.05) is 12.5 Å². The van der Waals surface area contributed by atoms with Crippen molar-refractivity contribution < 1.29 is 9.21 Å². The Morgan fingerprint density at radius 1 is 1.16 bits per heavy atom. The summed E-state index contributed by atoms with van der Waals surface area (Å²) in [5.74, 6) is 0.268. The van der Waals surface area contributed by atoms with Crippen molar-refractivity contribution in [2.75, 3.05) is 5.32 Å². The minimum Gasteiger partial charge on any atom is -0.463 e. The van der Waals surface area contributed by atoms with Crippen molar-refractivity contribution in [1.29, 1.82) is 0 Å². The zero-order valence-electron chi connectivity index (χ0n) is 13.0. The number of anilines is 1. The number of H-pyrrole nitrogens is 1. The minimum atomic E-state index is -0.350. The van der Waals surface area contributed by atoms with E-state index in [1.165, 1.54) is 11.3 Å². The van der Waals surface area contributed by atoms with E-state index in [2.05, 4.69) is 25.7 Å². The SMILES string of the molecule is O=C(Nc1nnc(Cc2ccccc2)s1)c1cc(-c2ccco2)[nH]n1. The molecule has 0 radical (unpaired) electrons. The number of hydrogen-bond donors (Lipinski definition) is 2. The molecular weight excluding hydrogens is 338 g/mol. The van der Waals surface area contributed by atoms with Crippen LogP contribution in [0.4, 0.5) is 5.13 Å². The van der Waals surface area contributed by atoms with Crippen LogP contribution < -0.4 is 5.32 Å². The summed E-state index contributed by atoms with van der Waals surface area (Å²) in [5.41, 5.74) is 2.04. The topological polar surface area (TPSA) is 96.7 Å². The largest absolute Gasteiger partial charge is 0.463 e. The fraction of sp³-hybridized carbons (Fsp3) is 0.0588. The highest BCUT2D eigenvalue weighted by atomic mass is 32.1. The Morgan fingerprint density at radius 2 is 2.04 bits per heavy atom. The number of aromatic amines is 1. The van der Waals surface area contributed by atoms with Gasteiger partial charge in [0.2, 0.25) is 5.13 Å². The predicted octanol–water partition coefficient (Wildman–Crippen LogP) is 3.36.